The molecule has 0 aromatic heterocycles. The summed E-state index contributed by atoms with van der Waals surface area (Å²) in [7, 11) is 0. The van der Waals surface area contributed by atoms with E-state index in [0.29, 0.717) is 53.9 Å². The number of hydrogen-bond donors (Lipinski definition) is 1. The summed E-state index contributed by atoms with van der Waals surface area (Å²) in [6, 6.07) is 12.4. The zero-order valence-corrected chi connectivity index (χ0v) is 16.6. The van der Waals surface area contributed by atoms with E-state index in [4.69, 9.17) is 14.2 Å². The molecule has 0 atom stereocenters. The molecule has 2 aliphatic rings. The van der Waals surface area contributed by atoms with Gasteiger partial charge in [0.15, 0.2) is 11.5 Å². The quantitative estimate of drug-likeness (QED) is 0.562. The number of amides is 2. The van der Waals surface area contributed by atoms with Crippen LogP contribution in [0.15, 0.2) is 60.8 Å². The van der Waals surface area contributed by atoms with E-state index in [-0.39, 0.29) is 18.1 Å². The molecule has 154 valence electrons. The van der Waals surface area contributed by atoms with Gasteiger partial charge < -0.3 is 19.5 Å². The second kappa shape index (κ2) is 8.32. The summed E-state index contributed by atoms with van der Waals surface area (Å²) in [5, 5.41) is 3.11. The van der Waals surface area contributed by atoms with Gasteiger partial charge in [0.05, 0.1) is 12.2 Å². The second-order valence-corrected chi connectivity index (χ2v) is 6.70. The van der Waals surface area contributed by atoms with E-state index in [0.717, 1.165) is 0 Å². The third-order valence-corrected chi connectivity index (χ3v) is 4.75. The van der Waals surface area contributed by atoms with Crippen LogP contribution in [0.3, 0.4) is 0 Å². The molecule has 0 fully saturated rings. The molecule has 4 rings (SSSR count). The number of carbonyl (C=O) groups is 2. The molecule has 0 unspecified atom stereocenters. The maximum atomic E-state index is 13.0. The number of ether oxygens (including phenoxy) is 3. The molecule has 2 heterocycles. The summed E-state index contributed by atoms with van der Waals surface area (Å²) < 4.78 is 16.6. The van der Waals surface area contributed by atoms with Crippen LogP contribution in [0.25, 0.3) is 5.57 Å². The molecular weight excluding hydrogens is 384 g/mol. The molecule has 7 nitrogen and oxygen atoms in total. The Hall–Kier alpha value is -3.74. The first kappa shape index (κ1) is 19.6. The highest BCUT2D eigenvalue weighted by Gasteiger charge is 2.38. The number of carbonyl (C=O) groups excluding carboxylic acids is 2. The molecule has 2 aromatic rings. The van der Waals surface area contributed by atoms with Gasteiger partial charge in [-0.2, -0.15) is 0 Å². The number of fused-ring (bicyclic) bond motifs is 1. The van der Waals surface area contributed by atoms with Crippen molar-refractivity contribution in [1.29, 1.82) is 0 Å². The van der Waals surface area contributed by atoms with Crippen molar-refractivity contribution in [3.05, 3.63) is 66.4 Å². The van der Waals surface area contributed by atoms with Gasteiger partial charge in [-0.3, -0.25) is 14.5 Å². The van der Waals surface area contributed by atoms with Crippen LogP contribution < -0.4 is 19.5 Å². The van der Waals surface area contributed by atoms with Crippen molar-refractivity contribution in [2.24, 2.45) is 0 Å². The fourth-order valence-electron chi connectivity index (χ4n) is 3.40. The normalized spacial score (nSPS) is 15.4. The summed E-state index contributed by atoms with van der Waals surface area (Å²) >= 11 is 0. The minimum atomic E-state index is -0.404. The third-order valence-electron chi connectivity index (χ3n) is 4.75. The van der Waals surface area contributed by atoms with Crippen LogP contribution in [0.4, 0.5) is 5.69 Å². The van der Waals surface area contributed by atoms with Crippen molar-refractivity contribution in [2.45, 2.75) is 6.92 Å². The highest BCUT2D eigenvalue weighted by Crippen LogP contribution is 2.35. The van der Waals surface area contributed by atoms with Gasteiger partial charge in [-0.15, -0.1) is 6.58 Å². The SMILES string of the molecule is C=CCN1C(=O)C(Nc2ccc3c(c2)OCCO3)=C(c2ccc(OCC)cc2)C1=O. The minimum Gasteiger partial charge on any atom is -0.494 e. The number of nitrogens with one attached hydrogen (secondary N) is 1. The predicted molar refractivity (Wildman–Crippen MR) is 113 cm³/mol. The van der Waals surface area contributed by atoms with Crippen molar-refractivity contribution in [1.82, 2.24) is 4.90 Å². The van der Waals surface area contributed by atoms with E-state index >= 15 is 0 Å². The van der Waals surface area contributed by atoms with Crippen LogP contribution in [0.1, 0.15) is 12.5 Å². The van der Waals surface area contributed by atoms with E-state index in [1.165, 1.54) is 11.0 Å². The molecule has 30 heavy (non-hydrogen) atoms. The molecule has 2 aliphatic heterocycles. The van der Waals surface area contributed by atoms with Crippen LogP contribution >= 0.6 is 0 Å². The van der Waals surface area contributed by atoms with Gasteiger partial charge in [0.2, 0.25) is 0 Å². The smallest absolute Gasteiger partial charge is 0.278 e. The largest absolute Gasteiger partial charge is 0.494 e. The number of hydrogen-bond acceptors (Lipinski definition) is 6. The Morgan fingerprint density at radius 2 is 1.80 bits per heavy atom. The van der Waals surface area contributed by atoms with Gasteiger partial charge in [0.1, 0.15) is 24.7 Å². The maximum absolute atomic E-state index is 13.0. The number of nitrogens with zero attached hydrogens (tertiary/aromatic N) is 1. The van der Waals surface area contributed by atoms with Crippen LogP contribution in [0.5, 0.6) is 17.2 Å². The van der Waals surface area contributed by atoms with Crippen molar-refractivity contribution in [2.75, 3.05) is 31.7 Å². The molecule has 0 saturated heterocycles. The van der Waals surface area contributed by atoms with E-state index in [2.05, 4.69) is 11.9 Å². The minimum absolute atomic E-state index is 0.129. The average molecular weight is 406 g/mol. The lowest BCUT2D eigenvalue weighted by Crippen LogP contribution is -2.32. The first-order chi connectivity index (χ1) is 14.6. The Kier molecular flexibility index (Phi) is 5.43. The predicted octanol–water partition coefficient (Wildman–Crippen LogP) is 3.23. The average Bonchev–Trinajstić information content (AvgIpc) is 2.99. The summed E-state index contributed by atoms with van der Waals surface area (Å²) in [5.74, 6) is 1.16. The first-order valence-electron chi connectivity index (χ1n) is 9.73. The molecule has 0 saturated carbocycles. The van der Waals surface area contributed by atoms with E-state index in [1.807, 2.05) is 6.92 Å². The first-order valence-corrected chi connectivity index (χ1v) is 9.73. The Morgan fingerprint density at radius 3 is 2.50 bits per heavy atom. The zero-order valence-electron chi connectivity index (χ0n) is 16.6. The summed E-state index contributed by atoms with van der Waals surface area (Å²) in [6.45, 7) is 7.18. The molecule has 1 N–H and O–H groups in total. The number of benzene rings is 2. The van der Waals surface area contributed by atoms with Crippen molar-refractivity contribution < 1.29 is 23.8 Å². The molecule has 2 amide bonds. The molecule has 2 aromatic carbocycles. The third kappa shape index (κ3) is 3.61. The monoisotopic (exact) mass is 406 g/mol. The summed E-state index contributed by atoms with van der Waals surface area (Å²) in [6.07, 6.45) is 1.53. The molecule has 7 heteroatoms. The lowest BCUT2D eigenvalue weighted by Gasteiger charge is -2.19. The van der Waals surface area contributed by atoms with Gasteiger partial charge >= 0.3 is 0 Å². The van der Waals surface area contributed by atoms with Crippen LogP contribution in [0, 0.1) is 0 Å². The Morgan fingerprint density at radius 1 is 1.07 bits per heavy atom. The Labute approximate surface area is 174 Å². The summed E-state index contributed by atoms with van der Waals surface area (Å²) in [5.41, 5.74) is 1.77. The molecule has 0 aliphatic carbocycles. The van der Waals surface area contributed by atoms with E-state index in [1.54, 1.807) is 42.5 Å². The molecule has 0 spiro atoms. The van der Waals surface area contributed by atoms with Crippen molar-refractivity contribution in [3.8, 4) is 17.2 Å². The van der Waals surface area contributed by atoms with E-state index in [9.17, 15) is 9.59 Å². The molecular formula is C23H22N2O5. The lowest BCUT2D eigenvalue weighted by molar-refractivity contribution is -0.136. The molecule has 0 radical (unpaired) electrons. The maximum Gasteiger partial charge on any atom is 0.278 e. The number of anilines is 1. The van der Waals surface area contributed by atoms with Gasteiger partial charge in [0, 0.05) is 18.3 Å². The Bertz CT molecular complexity index is 1030. The highest BCUT2D eigenvalue weighted by molar-refractivity contribution is 6.36. The fraction of sp³-hybridized carbons (Fsp3) is 0.217. The fourth-order valence-corrected chi connectivity index (χ4v) is 3.40. The van der Waals surface area contributed by atoms with Crippen LogP contribution in [-0.2, 0) is 9.59 Å². The van der Waals surface area contributed by atoms with Crippen LogP contribution in [0.2, 0.25) is 0 Å². The van der Waals surface area contributed by atoms with Crippen LogP contribution in [-0.4, -0.2) is 43.1 Å². The van der Waals surface area contributed by atoms with Crippen molar-refractivity contribution >= 4 is 23.1 Å². The summed E-state index contributed by atoms with van der Waals surface area (Å²) in [4.78, 5) is 27.2. The number of rotatable bonds is 7. The molecule has 0 bridgehead atoms. The topological polar surface area (TPSA) is 77.1 Å². The number of imide groups is 1. The highest BCUT2D eigenvalue weighted by atomic mass is 16.6. The van der Waals surface area contributed by atoms with Gasteiger partial charge in [-0.05, 0) is 36.8 Å². The Balaban J connectivity index is 1.72. The zero-order chi connectivity index (χ0) is 21.1. The standard InChI is InChI=1S/C23H22N2O5/c1-3-11-25-22(26)20(15-5-8-17(9-6-15)28-4-2)21(23(25)27)24-16-7-10-18-19(14-16)30-13-12-29-18/h3,5-10,14,24H,1,4,11-13H2,2H3. The lowest BCUT2D eigenvalue weighted by atomic mass is 10.0. The second-order valence-electron chi connectivity index (χ2n) is 6.70. The van der Waals surface area contributed by atoms with Gasteiger partial charge in [-0.1, -0.05) is 18.2 Å². The van der Waals surface area contributed by atoms with Gasteiger partial charge in [-0.25, -0.2) is 0 Å². The van der Waals surface area contributed by atoms with Crippen molar-refractivity contribution in [3.63, 3.8) is 0 Å². The van der Waals surface area contributed by atoms with E-state index < -0.39 is 5.91 Å². The van der Waals surface area contributed by atoms with Gasteiger partial charge in [0.25, 0.3) is 11.8 Å².